The molecule has 5 atom stereocenters. The Morgan fingerprint density at radius 2 is 0.558 bits per heavy atom. The van der Waals surface area contributed by atoms with Gasteiger partial charge in [0.25, 0.3) is 0 Å². The normalized spacial score (nSPS) is 14.7. The minimum absolute atomic E-state index is 0.104. The van der Waals surface area contributed by atoms with Gasteiger partial charge in [-0.1, -0.05) is 284 Å². The molecular formula is C77H134O16P2. The molecule has 0 saturated carbocycles. The van der Waals surface area contributed by atoms with E-state index in [1.165, 1.54) is 89.9 Å². The average Bonchev–Trinajstić information content (AvgIpc) is 2.67. The number of phosphoric acid groups is 2. The van der Waals surface area contributed by atoms with E-state index < -0.39 is 91.5 Å². The Bertz CT molecular complexity index is 2170. The third-order valence-corrected chi connectivity index (χ3v) is 17.4. The number of allylic oxidation sites excluding steroid dienone is 18. The van der Waals surface area contributed by atoms with Crippen molar-refractivity contribution < 1.29 is 75.8 Å². The first-order valence-corrected chi connectivity index (χ1v) is 40.2. The summed E-state index contributed by atoms with van der Waals surface area (Å²) in [5.74, 6) is -1.59. The van der Waals surface area contributed by atoms with E-state index in [9.17, 15) is 43.5 Å². The molecule has 0 fully saturated rings. The van der Waals surface area contributed by atoms with Crippen molar-refractivity contribution >= 4 is 33.6 Å². The standard InChI is InChI=1S/C77H134O16P2/c1-4-7-10-13-16-19-22-24-26-28-30-31-32-33-34-35-36-37-38-39-41-43-44-46-49-51-54-57-60-63-75(80)87-66-72(78)67-89-94(83,84)90-68-73(79)69-91-95(85,86)92-71-74(93-77(82)65-62-59-56-53-48-21-18-15-12-9-6-3)70-88-76(81)64-61-58-55-52-50-47-45-42-40-29-27-25-23-20-17-14-11-8-5-2/h7,10,16-17,19-20,24-27,30-31,33-34,36-37,40,42,72-74,78-79H,4-6,8-9,11-15,18,21-23,28-29,32,35,38-39,41,43-71H2,1-3H3,(H,83,84)(H,85,86)/b10-7-,19-16-,20-17-,26-24-,27-25-,31-30-,34-33-,37-36-,42-40-. The highest BCUT2D eigenvalue weighted by Gasteiger charge is 2.29. The van der Waals surface area contributed by atoms with Crippen molar-refractivity contribution in [1.29, 1.82) is 0 Å². The molecule has 0 aromatic carbocycles. The SMILES string of the molecule is CC/C=C\C/C=C\C/C=C\C/C=C\C/C=C\C/C=C\CCCCCCCCCCCCC(=O)OCC(O)COP(=O)(O)OCC(O)COP(=O)(O)OCC(COC(=O)CCCCCCCC/C=C\C/C=C\C/C=C\CCCCC)OC(=O)CCCCCCCCCCCCC. The second-order valence-electron chi connectivity index (χ2n) is 24.7. The fourth-order valence-corrected chi connectivity index (χ4v) is 11.4. The molecule has 95 heavy (non-hydrogen) atoms. The summed E-state index contributed by atoms with van der Waals surface area (Å²) in [4.78, 5) is 58.4. The van der Waals surface area contributed by atoms with Crippen LogP contribution in [0.5, 0.6) is 0 Å². The van der Waals surface area contributed by atoms with Gasteiger partial charge in [0, 0.05) is 19.3 Å². The third kappa shape index (κ3) is 71.3. The van der Waals surface area contributed by atoms with Gasteiger partial charge >= 0.3 is 33.6 Å². The van der Waals surface area contributed by atoms with E-state index >= 15 is 0 Å². The Morgan fingerprint density at radius 3 is 0.905 bits per heavy atom. The van der Waals surface area contributed by atoms with Crippen molar-refractivity contribution in [3.05, 3.63) is 109 Å². The van der Waals surface area contributed by atoms with E-state index in [1.807, 2.05) is 0 Å². The molecule has 18 heteroatoms. The largest absolute Gasteiger partial charge is 0.472 e. The first-order chi connectivity index (χ1) is 46.2. The summed E-state index contributed by atoms with van der Waals surface area (Å²) < 4.78 is 60.9. The Morgan fingerprint density at radius 1 is 0.305 bits per heavy atom. The van der Waals surface area contributed by atoms with Crippen LogP contribution in [0.2, 0.25) is 0 Å². The van der Waals surface area contributed by atoms with Crippen LogP contribution in [-0.4, -0.2) is 95.9 Å². The smallest absolute Gasteiger partial charge is 0.463 e. The van der Waals surface area contributed by atoms with E-state index in [-0.39, 0.29) is 19.3 Å². The predicted octanol–water partition coefficient (Wildman–Crippen LogP) is 21.2. The lowest BCUT2D eigenvalue weighted by molar-refractivity contribution is -0.161. The molecule has 0 aromatic heterocycles. The molecule has 0 rings (SSSR count). The first-order valence-electron chi connectivity index (χ1n) is 37.2. The van der Waals surface area contributed by atoms with Crippen LogP contribution in [0.1, 0.15) is 303 Å². The monoisotopic (exact) mass is 1380 g/mol. The van der Waals surface area contributed by atoms with Crippen LogP contribution in [0.3, 0.4) is 0 Å². The van der Waals surface area contributed by atoms with Crippen LogP contribution in [0, 0.1) is 0 Å². The number of rotatable bonds is 70. The van der Waals surface area contributed by atoms with Crippen molar-refractivity contribution in [2.24, 2.45) is 0 Å². The second-order valence-corrected chi connectivity index (χ2v) is 27.6. The lowest BCUT2D eigenvalue weighted by Crippen LogP contribution is -2.30. The van der Waals surface area contributed by atoms with Crippen molar-refractivity contribution in [3.63, 3.8) is 0 Å². The van der Waals surface area contributed by atoms with Crippen LogP contribution < -0.4 is 0 Å². The summed E-state index contributed by atoms with van der Waals surface area (Å²) >= 11 is 0. The van der Waals surface area contributed by atoms with Crippen LogP contribution >= 0.6 is 15.6 Å². The minimum atomic E-state index is -4.92. The molecule has 0 spiro atoms. The van der Waals surface area contributed by atoms with Gasteiger partial charge in [0.05, 0.1) is 26.4 Å². The summed E-state index contributed by atoms with van der Waals surface area (Å²) in [5.41, 5.74) is 0. The van der Waals surface area contributed by atoms with E-state index in [2.05, 4.69) is 130 Å². The highest BCUT2D eigenvalue weighted by molar-refractivity contribution is 7.47. The molecule has 4 N–H and O–H groups in total. The summed E-state index contributed by atoms with van der Waals surface area (Å²) in [6.45, 7) is 2.52. The van der Waals surface area contributed by atoms with Crippen LogP contribution in [0.25, 0.3) is 0 Å². The molecule has 0 saturated heterocycles. The molecule has 0 aliphatic heterocycles. The molecule has 0 heterocycles. The fourth-order valence-electron chi connectivity index (χ4n) is 9.82. The third-order valence-electron chi connectivity index (χ3n) is 15.5. The van der Waals surface area contributed by atoms with Gasteiger partial charge in [0.1, 0.15) is 25.4 Å². The van der Waals surface area contributed by atoms with Crippen LogP contribution in [-0.2, 0) is 55.8 Å². The topological polar surface area (TPSA) is 231 Å². The highest BCUT2D eigenvalue weighted by Crippen LogP contribution is 2.45. The molecule has 0 amide bonds. The zero-order valence-corrected chi connectivity index (χ0v) is 61.4. The van der Waals surface area contributed by atoms with Crippen molar-refractivity contribution in [1.82, 2.24) is 0 Å². The number of phosphoric ester groups is 2. The van der Waals surface area contributed by atoms with Crippen molar-refractivity contribution in [2.45, 2.75) is 322 Å². The quantitative estimate of drug-likeness (QED) is 0.0146. The number of carbonyl (C=O) groups excluding carboxylic acids is 3. The summed E-state index contributed by atoms with van der Waals surface area (Å²) in [5, 5.41) is 20.6. The van der Waals surface area contributed by atoms with Crippen LogP contribution in [0.15, 0.2) is 109 Å². The summed E-state index contributed by atoms with van der Waals surface area (Å²) in [6, 6.07) is 0. The summed E-state index contributed by atoms with van der Waals surface area (Å²) in [7, 11) is -9.78. The van der Waals surface area contributed by atoms with Crippen molar-refractivity contribution in [2.75, 3.05) is 39.6 Å². The van der Waals surface area contributed by atoms with Gasteiger partial charge in [0.2, 0.25) is 0 Å². The fraction of sp³-hybridized carbons (Fsp3) is 0.727. The number of hydrogen-bond donors (Lipinski definition) is 4. The molecule has 5 unspecified atom stereocenters. The zero-order valence-electron chi connectivity index (χ0n) is 59.6. The lowest BCUT2D eigenvalue weighted by Gasteiger charge is -2.21. The number of aliphatic hydroxyl groups is 2. The van der Waals surface area contributed by atoms with Gasteiger partial charge in [-0.05, 0) is 109 Å². The molecule has 0 aromatic rings. The number of ether oxygens (including phenoxy) is 3. The van der Waals surface area contributed by atoms with Crippen LogP contribution in [0.4, 0.5) is 0 Å². The molecule has 0 radical (unpaired) electrons. The van der Waals surface area contributed by atoms with Gasteiger partial charge in [-0.15, -0.1) is 0 Å². The molecule has 16 nitrogen and oxygen atoms in total. The second kappa shape index (κ2) is 70.1. The molecule has 548 valence electrons. The number of esters is 3. The average molecular weight is 1380 g/mol. The Hall–Kier alpha value is -3.79. The Labute approximate surface area is 577 Å². The maximum absolute atomic E-state index is 12.9. The number of aliphatic hydroxyl groups excluding tert-OH is 2. The van der Waals surface area contributed by atoms with Crippen molar-refractivity contribution in [3.8, 4) is 0 Å². The maximum atomic E-state index is 12.9. The maximum Gasteiger partial charge on any atom is 0.472 e. The molecule has 0 aliphatic carbocycles. The Kier molecular flexibility index (Phi) is 67.3. The van der Waals surface area contributed by atoms with Gasteiger partial charge in [0.15, 0.2) is 6.10 Å². The lowest BCUT2D eigenvalue weighted by atomic mass is 10.1. The van der Waals surface area contributed by atoms with Gasteiger partial charge in [-0.25, -0.2) is 9.13 Å². The molecular weight excluding hydrogens is 1240 g/mol. The van der Waals surface area contributed by atoms with Gasteiger partial charge < -0.3 is 34.2 Å². The van der Waals surface area contributed by atoms with Gasteiger partial charge in [-0.2, -0.15) is 0 Å². The zero-order chi connectivity index (χ0) is 69.5. The number of hydrogen-bond acceptors (Lipinski definition) is 14. The highest BCUT2D eigenvalue weighted by atomic mass is 31.2. The van der Waals surface area contributed by atoms with E-state index in [4.69, 9.17) is 32.3 Å². The first kappa shape index (κ1) is 91.2. The van der Waals surface area contributed by atoms with Gasteiger partial charge in [-0.3, -0.25) is 32.5 Å². The van der Waals surface area contributed by atoms with E-state index in [0.717, 1.165) is 154 Å². The predicted molar refractivity (Wildman–Crippen MR) is 390 cm³/mol. The summed E-state index contributed by atoms with van der Waals surface area (Å²) in [6.07, 6.45) is 80.0. The molecule has 0 bridgehead atoms. The number of unbranched alkanes of at least 4 members (excludes halogenated alkanes) is 29. The van der Waals surface area contributed by atoms with E-state index in [1.54, 1.807) is 0 Å². The minimum Gasteiger partial charge on any atom is -0.463 e. The number of carbonyl (C=O) groups is 3. The Balaban J connectivity index is 4.46. The van der Waals surface area contributed by atoms with E-state index in [0.29, 0.717) is 19.3 Å². The molecule has 0 aliphatic rings.